The lowest BCUT2D eigenvalue weighted by Gasteiger charge is -2.28. The fraction of sp³-hybridized carbons (Fsp3) is 0.545. The molecule has 2 heterocycles. The van der Waals surface area contributed by atoms with E-state index in [0.717, 1.165) is 35.3 Å². The van der Waals surface area contributed by atoms with E-state index in [-0.39, 0.29) is 5.91 Å². The number of alkyl halides is 1. The highest BCUT2D eigenvalue weighted by atomic mass is 79.9. The molecule has 6 heteroatoms. The van der Waals surface area contributed by atoms with E-state index < -0.39 is 5.38 Å². The highest BCUT2D eigenvalue weighted by Gasteiger charge is 2.26. The van der Waals surface area contributed by atoms with E-state index in [2.05, 4.69) is 15.9 Å². The molecule has 1 saturated heterocycles. The van der Waals surface area contributed by atoms with Gasteiger partial charge in [0.05, 0.1) is 0 Å². The van der Waals surface area contributed by atoms with Crippen molar-refractivity contribution < 1.29 is 4.79 Å². The number of amides is 1. The van der Waals surface area contributed by atoms with E-state index >= 15 is 0 Å². The molecule has 1 fully saturated rings. The summed E-state index contributed by atoms with van der Waals surface area (Å²) < 4.78 is 1.44. The summed E-state index contributed by atoms with van der Waals surface area (Å²) >= 11 is 16.8. The van der Waals surface area contributed by atoms with Crippen molar-refractivity contribution in [3.63, 3.8) is 0 Å². The summed E-state index contributed by atoms with van der Waals surface area (Å²) in [4.78, 5) is 14.8. The second-order valence-corrected chi connectivity index (χ2v) is 7.00. The number of likely N-dealkylation sites (tertiary alicyclic amines) is 1. The predicted molar refractivity (Wildman–Crippen MR) is 76.1 cm³/mol. The zero-order valence-corrected chi connectivity index (χ0v) is 13.0. The molecule has 0 spiro atoms. The number of carbonyl (C=O) groups excluding carboxylic acids is 1. The number of hydrogen-bond donors (Lipinski definition) is 0. The van der Waals surface area contributed by atoms with Crippen LogP contribution in [-0.4, -0.2) is 23.9 Å². The van der Waals surface area contributed by atoms with Crippen LogP contribution in [-0.2, 0) is 4.79 Å². The summed E-state index contributed by atoms with van der Waals surface area (Å²) in [6, 6.07) is 1.83. The van der Waals surface area contributed by atoms with E-state index in [1.54, 1.807) is 0 Å². The normalized spacial score (nSPS) is 18.2. The van der Waals surface area contributed by atoms with Crippen molar-refractivity contribution in [2.45, 2.75) is 24.6 Å². The van der Waals surface area contributed by atoms with E-state index in [4.69, 9.17) is 23.2 Å². The lowest BCUT2D eigenvalue weighted by Crippen LogP contribution is -2.37. The van der Waals surface area contributed by atoms with Crippen LogP contribution < -0.4 is 0 Å². The predicted octanol–water partition coefficient (Wildman–Crippen LogP) is 4.46. The minimum Gasteiger partial charge on any atom is -0.341 e. The molecule has 0 aromatic carbocycles. The monoisotopic (exact) mass is 355 g/mol. The molecule has 0 aliphatic carbocycles. The van der Waals surface area contributed by atoms with Crippen LogP contribution in [0.1, 0.15) is 29.5 Å². The fourth-order valence-corrected chi connectivity index (χ4v) is 3.93. The zero-order chi connectivity index (χ0) is 12.4. The lowest BCUT2D eigenvalue weighted by molar-refractivity contribution is -0.131. The standard InChI is InChI=1S/C11H12BrCl2NOS/c12-7-6-8(17-10(7)14)9(13)11(16)15-4-2-1-3-5-15/h6,9H,1-5H2. The summed E-state index contributed by atoms with van der Waals surface area (Å²) in [5.41, 5.74) is 0. The number of halogens is 3. The molecule has 1 aromatic rings. The van der Waals surface area contributed by atoms with Crippen molar-refractivity contribution in [2.24, 2.45) is 0 Å². The molecule has 0 saturated carbocycles. The topological polar surface area (TPSA) is 20.3 Å². The molecule has 1 aliphatic rings. The van der Waals surface area contributed by atoms with E-state index in [9.17, 15) is 4.79 Å². The molecule has 0 radical (unpaired) electrons. The third-order valence-electron chi connectivity index (χ3n) is 2.80. The first-order valence-electron chi connectivity index (χ1n) is 5.47. The number of rotatable bonds is 2. The van der Waals surface area contributed by atoms with Gasteiger partial charge in [-0.2, -0.15) is 0 Å². The van der Waals surface area contributed by atoms with Crippen LogP contribution in [0.4, 0.5) is 0 Å². The molecule has 1 amide bonds. The van der Waals surface area contributed by atoms with Gasteiger partial charge in [0, 0.05) is 22.4 Å². The fourth-order valence-electron chi connectivity index (χ4n) is 1.88. The summed E-state index contributed by atoms with van der Waals surface area (Å²) in [6.07, 6.45) is 3.35. The Morgan fingerprint density at radius 1 is 1.41 bits per heavy atom. The maximum atomic E-state index is 12.2. The summed E-state index contributed by atoms with van der Waals surface area (Å²) in [5, 5.41) is -0.609. The Labute approximate surface area is 123 Å². The maximum absolute atomic E-state index is 12.2. The zero-order valence-electron chi connectivity index (χ0n) is 9.09. The third kappa shape index (κ3) is 3.16. The number of nitrogens with zero attached hydrogens (tertiary/aromatic N) is 1. The Kier molecular flexibility index (Phi) is 4.75. The van der Waals surface area contributed by atoms with E-state index in [1.165, 1.54) is 17.8 Å². The van der Waals surface area contributed by atoms with Crippen LogP contribution >= 0.6 is 50.5 Å². The average Bonchev–Trinajstić information content (AvgIpc) is 2.69. The number of piperidine rings is 1. The average molecular weight is 357 g/mol. The van der Waals surface area contributed by atoms with Gasteiger partial charge in [-0.15, -0.1) is 22.9 Å². The Morgan fingerprint density at radius 3 is 2.59 bits per heavy atom. The molecule has 1 aliphatic heterocycles. The highest BCUT2D eigenvalue weighted by Crippen LogP contribution is 2.38. The molecule has 2 rings (SSSR count). The van der Waals surface area contributed by atoms with Gasteiger partial charge in [-0.05, 0) is 41.3 Å². The summed E-state index contributed by atoms with van der Waals surface area (Å²) in [7, 11) is 0. The highest BCUT2D eigenvalue weighted by molar-refractivity contribution is 9.10. The van der Waals surface area contributed by atoms with Crippen LogP contribution in [0, 0.1) is 0 Å². The van der Waals surface area contributed by atoms with E-state index in [0.29, 0.717) is 4.34 Å². The van der Waals surface area contributed by atoms with Crippen LogP contribution in [0.15, 0.2) is 10.5 Å². The molecule has 94 valence electrons. The molecule has 1 aromatic heterocycles. The molecule has 0 bridgehead atoms. The Bertz CT molecular complexity index is 398. The minimum absolute atomic E-state index is 0.00298. The Balaban J connectivity index is 2.08. The van der Waals surface area contributed by atoms with Gasteiger partial charge < -0.3 is 4.90 Å². The van der Waals surface area contributed by atoms with Crippen molar-refractivity contribution in [1.82, 2.24) is 4.90 Å². The van der Waals surface area contributed by atoms with Crippen LogP contribution in [0.2, 0.25) is 4.34 Å². The van der Waals surface area contributed by atoms with Gasteiger partial charge >= 0.3 is 0 Å². The quantitative estimate of drug-likeness (QED) is 0.716. The van der Waals surface area contributed by atoms with Crippen molar-refractivity contribution in [1.29, 1.82) is 0 Å². The van der Waals surface area contributed by atoms with Crippen LogP contribution in [0.3, 0.4) is 0 Å². The van der Waals surface area contributed by atoms with Gasteiger partial charge in [-0.1, -0.05) is 11.6 Å². The van der Waals surface area contributed by atoms with Crippen LogP contribution in [0.25, 0.3) is 0 Å². The van der Waals surface area contributed by atoms with Crippen molar-refractivity contribution in [2.75, 3.05) is 13.1 Å². The van der Waals surface area contributed by atoms with Crippen LogP contribution in [0.5, 0.6) is 0 Å². The van der Waals surface area contributed by atoms with Crippen molar-refractivity contribution in [3.8, 4) is 0 Å². The first-order chi connectivity index (χ1) is 8.09. The summed E-state index contributed by atoms with van der Waals surface area (Å²) in [5.74, 6) is -0.00298. The van der Waals surface area contributed by atoms with E-state index in [1.807, 2.05) is 11.0 Å². The first-order valence-corrected chi connectivity index (χ1v) is 7.89. The minimum atomic E-state index is -0.609. The van der Waals surface area contributed by atoms with Gasteiger partial charge in [0.2, 0.25) is 5.91 Å². The second-order valence-electron chi connectivity index (χ2n) is 4.02. The van der Waals surface area contributed by atoms with Gasteiger partial charge in [0.1, 0.15) is 9.71 Å². The molecular formula is C11H12BrCl2NOS. The van der Waals surface area contributed by atoms with Gasteiger partial charge in [-0.3, -0.25) is 4.79 Å². The van der Waals surface area contributed by atoms with Crippen molar-refractivity contribution in [3.05, 3.63) is 19.8 Å². The number of hydrogen-bond acceptors (Lipinski definition) is 2. The van der Waals surface area contributed by atoms with Gasteiger partial charge in [-0.25, -0.2) is 0 Å². The Hall–Kier alpha value is 0.230. The van der Waals surface area contributed by atoms with Gasteiger partial charge in [0.25, 0.3) is 0 Å². The smallest absolute Gasteiger partial charge is 0.246 e. The van der Waals surface area contributed by atoms with Crippen molar-refractivity contribution >= 4 is 56.4 Å². The Morgan fingerprint density at radius 2 is 2.06 bits per heavy atom. The SMILES string of the molecule is O=C(C(Cl)c1cc(Br)c(Cl)s1)N1CCCCC1. The van der Waals surface area contributed by atoms with Gasteiger partial charge in [0.15, 0.2) is 0 Å². The molecule has 1 unspecified atom stereocenters. The first kappa shape index (κ1) is 13.7. The second kappa shape index (κ2) is 5.91. The molecule has 0 N–H and O–H groups in total. The maximum Gasteiger partial charge on any atom is 0.246 e. The molecule has 17 heavy (non-hydrogen) atoms. The number of thiophene rings is 1. The lowest BCUT2D eigenvalue weighted by atomic mass is 10.1. The molecule has 1 atom stereocenters. The molecule has 2 nitrogen and oxygen atoms in total. The largest absolute Gasteiger partial charge is 0.341 e. The third-order valence-corrected chi connectivity index (χ3v) is 5.89. The summed E-state index contributed by atoms with van der Waals surface area (Å²) in [6.45, 7) is 1.64. The molecular weight excluding hydrogens is 345 g/mol. The number of carbonyl (C=O) groups is 1.